The summed E-state index contributed by atoms with van der Waals surface area (Å²) in [6.07, 6.45) is 2.71. The predicted molar refractivity (Wildman–Crippen MR) is 67.0 cm³/mol. The van der Waals surface area contributed by atoms with Gasteiger partial charge in [0.25, 0.3) is 0 Å². The van der Waals surface area contributed by atoms with Crippen molar-refractivity contribution in [3.8, 4) is 0 Å². The average Bonchev–Trinajstić information content (AvgIpc) is 2.17. The van der Waals surface area contributed by atoms with Crippen LogP contribution in [-0.4, -0.2) is 29.9 Å². The van der Waals surface area contributed by atoms with Crippen LogP contribution in [0.1, 0.15) is 47.0 Å². The van der Waals surface area contributed by atoms with E-state index in [2.05, 4.69) is 27.7 Å². The second-order valence-electron chi connectivity index (χ2n) is 6.16. The molecule has 94 valence electrons. The molecular formula is C13H26N2O. The number of hydrogen-bond donors (Lipinski definition) is 1. The van der Waals surface area contributed by atoms with Crippen LogP contribution in [0.15, 0.2) is 0 Å². The Balaban J connectivity index is 2.39. The standard InChI is InChI=1S/C13H26N2O/c1-10(2)11(14)9-12(16)15-7-5-13(3,4)6-8-15/h10-11H,5-9,14H2,1-4H3. The van der Waals surface area contributed by atoms with Crippen LogP contribution in [0, 0.1) is 11.3 Å². The molecule has 16 heavy (non-hydrogen) atoms. The zero-order chi connectivity index (χ0) is 12.3. The topological polar surface area (TPSA) is 46.3 Å². The smallest absolute Gasteiger partial charge is 0.224 e. The highest BCUT2D eigenvalue weighted by Crippen LogP contribution is 2.29. The molecule has 1 unspecified atom stereocenters. The summed E-state index contributed by atoms with van der Waals surface area (Å²) in [6, 6.07) is 0.00226. The van der Waals surface area contributed by atoms with E-state index in [0.717, 1.165) is 25.9 Å². The van der Waals surface area contributed by atoms with Gasteiger partial charge in [0.05, 0.1) is 0 Å². The quantitative estimate of drug-likeness (QED) is 0.800. The molecule has 0 aromatic heterocycles. The zero-order valence-corrected chi connectivity index (χ0v) is 11.1. The average molecular weight is 226 g/mol. The number of rotatable bonds is 3. The fraction of sp³-hybridized carbons (Fsp3) is 0.923. The SMILES string of the molecule is CC(C)C(N)CC(=O)N1CCC(C)(C)CC1. The number of likely N-dealkylation sites (tertiary alicyclic amines) is 1. The summed E-state index contributed by atoms with van der Waals surface area (Å²) in [5.74, 6) is 0.613. The first-order chi connectivity index (χ1) is 7.32. The maximum Gasteiger partial charge on any atom is 0.224 e. The van der Waals surface area contributed by atoms with Crippen molar-refractivity contribution in [2.24, 2.45) is 17.1 Å². The van der Waals surface area contributed by atoms with Crippen molar-refractivity contribution in [1.29, 1.82) is 0 Å². The molecule has 1 atom stereocenters. The Bertz CT molecular complexity index is 238. The highest BCUT2D eigenvalue weighted by molar-refractivity contribution is 5.76. The summed E-state index contributed by atoms with van der Waals surface area (Å²) < 4.78 is 0. The molecule has 0 aromatic rings. The Kier molecular flexibility index (Phi) is 4.36. The van der Waals surface area contributed by atoms with Gasteiger partial charge in [-0.05, 0) is 24.2 Å². The van der Waals surface area contributed by atoms with Crippen LogP contribution in [0.25, 0.3) is 0 Å². The lowest BCUT2D eigenvalue weighted by molar-refractivity contribution is -0.133. The second kappa shape index (κ2) is 5.17. The van der Waals surface area contributed by atoms with E-state index in [9.17, 15) is 4.79 Å². The van der Waals surface area contributed by atoms with Gasteiger partial charge < -0.3 is 10.6 Å². The van der Waals surface area contributed by atoms with Crippen LogP contribution in [0.2, 0.25) is 0 Å². The Morgan fingerprint density at radius 1 is 1.31 bits per heavy atom. The normalized spacial score (nSPS) is 22.2. The maximum absolute atomic E-state index is 12.0. The van der Waals surface area contributed by atoms with Crippen molar-refractivity contribution >= 4 is 5.91 Å². The summed E-state index contributed by atoms with van der Waals surface area (Å²) >= 11 is 0. The van der Waals surface area contributed by atoms with Gasteiger partial charge in [0, 0.05) is 25.6 Å². The number of hydrogen-bond acceptors (Lipinski definition) is 2. The summed E-state index contributed by atoms with van der Waals surface area (Å²) in [7, 11) is 0. The number of piperidine rings is 1. The Hall–Kier alpha value is -0.570. The molecule has 1 fully saturated rings. The molecule has 1 aliphatic rings. The van der Waals surface area contributed by atoms with Crippen LogP contribution in [0.5, 0.6) is 0 Å². The minimum Gasteiger partial charge on any atom is -0.343 e. The lowest BCUT2D eigenvalue weighted by Crippen LogP contribution is -2.43. The van der Waals surface area contributed by atoms with Gasteiger partial charge in [0.2, 0.25) is 5.91 Å². The molecule has 1 rings (SSSR count). The van der Waals surface area contributed by atoms with Crippen LogP contribution < -0.4 is 5.73 Å². The van der Waals surface area contributed by atoms with Gasteiger partial charge in [-0.15, -0.1) is 0 Å². The third-order valence-corrected chi connectivity index (χ3v) is 3.74. The monoisotopic (exact) mass is 226 g/mol. The van der Waals surface area contributed by atoms with Crippen LogP contribution in [-0.2, 0) is 4.79 Å². The van der Waals surface area contributed by atoms with E-state index in [1.54, 1.807) is 0 Å². The van der Waals surface area contributed by atoms with Gasteiger partial charge in [-0.1, -0.05) is 27.7 Å². The molecule has 1 saturated heterocycles. The van der Waals surface area contributed by atoms with Gasteiger partial charge in [-0.3, -0.25) is 4.79 Å². The fourth-order valence-corrected chi connectivity index (χ4v) is 1.93. The zero-order valence-electron chi connectivity index (χ0n) is 11.1. The minimum absolute atomic E-state index is 0.00226. The Morgan fingerprint density at radius 2 is 1.81 bits per heavy atom. The first-order valence-electron chi connectivity index (χ1n) is 6.35. The lowest BCUT2D eigenvalue weighted by atomic mass is 9.82. The molecule has 3 heteroatoms. The molecule has 0 aromatic carbocycles. The van der Waals surface area contributed by atoms with Crippen molar-refractivity contribution in [2.75, 3.05) is 13.1 Å². The van der Waals surface area contributed by atoms with Crippen molar-refractivity contribution < 1.29 is 4.79 Å². The maximum atomic E-state index is 12.0. The number of nitrogens with zero attached hydrogens (tertiary/aromatic N) is 1. The summed E-state index contributed by atoms with van der Waals surface area (Å²) in [5.41, 5.74) is 6.33. The van der Waals surface area contributed by atoms with Crippen molar-refractivity contribution in [3.63, 3.8) is 0 Å². The van der Waals surface area contributed by atoms with Crippen molar-refractivity contribution in [3.05, 3.63) is 0 Å². The van der Waals surface area contributed by atoms with E-state index >= 15 is 0 Å². The molecule has 3 nitrogen and oxygen atoms in total. The molecule has 1 amide bonds. The molecule has 0 saturated carbocycles. The number of amides is 1. The largest absolute Gasteiger partial charge is 0.343 e. The molecule has 0 bridgehead atoms. The van der Waals surface area contributed by atoms with Crippen molar-refractivity contribution in [2.45, 2.75) is 53.0 Å². The molecule has 0 radical (unpaired) electrons. The van der Waals surface area contributed by atoms with E-state index < -0.39 is 0 Å². The van der Waals surface area contributed by atoms with Gasteiger partial charge in [-0.25, -0.2) is 0 Å². The fourth-order valence-electron chi connectivity index (χ4n) is 1.93. The highest BCUT2D eigenvalue weighted by Gasteiger charge is 2.28. The van der Waals surface area contributed by atoms with Gasteiger partial charge >= 0.3 is 0 Å². The second-order valence-corrected chi connectivity index (χ2v) is 6.16. The third-order valence-electron chi connectivity index (χ3n) is 3.74. The summed E-state index contributed by atoms with van der Waals surface area (Å²) in [6.45, 7) is 10.5. The lowest BCUT2D eigenvalue weighted by Gasteiger charge is -2.37. The Labute approximate surface area is 99.4 Å². The summed E-state index contributed by atoms with van der Waals surface area (Å²) in [4.78, 5) is 13.9. The first kappa shape index (κ1) is 13.5. The first-order valence-corrected chi connectivity index (χ1v) is 6.35. The van der Waals surface area contributed by atoms with E-state index in [-0.39, 0.29) is 11.9 Å². The number of nitrogens with two attached hydrogens (primary N) is 1. The molecule has 1 aliphatic heterocycles. The number of carbonyl (C=O) groups is 1. The van der Waals surface area contributed by atoms with Gasteiger partial charge in [-0.2, -0.15) is 0 Å². The van der Waals surface area contributed by atoms with Crippen molar-refractivity contribution in [1.82, 2.24) is 4.90 Å². The molecule has 1 heterocycles. The number of carbonyl (C=O) groups excluding carboxylic acids is 1. The third kappa shape index (κ3) is 3.78. The van der Waals surface area contributed by atoms with Crippen LogP contribution >= 0.6 is 0 Å². The van der Waals surface area contributed by atoms with Crippen LogP contribution in [0.3, 0.4) is 0 Å². The van der Waals surface area contributed by atoms with E-state index in [1.807, 2.05) is 4.90 Å². The summed E-state index contributed by atoms with van der Waals surface area (Å²) in [5, 5.41) is 0. The molecule has 0 aliphatic carbocycles. The highest BCUT2D eigenvalue weighted by atomic mass is 16.2. The van der Waals surface area contributed by atoms with Crippen LogP contribution in [0.4, 0.5) is 0 Å². The molecule has 0 spiro atoms. The molecule has 2 N–H and O–H groups in total. The van der Waals surface area contributed by atoms with E-state index in [1.165, 1.54) is 0 Å². The predicted octanol–water partition coefficient (Wildman–Crippen LogP) is 2.01. The van der Waals surface area contributed by atoms with Gasteiger partial charge in [0.1, 0.15) is 0 Å². The Morgan fingerprint density at radius 3 is 2.25 bits per heavy atom. The van der Waals surface area contributed by atoms with E-state index in [4.69, 9.17) is 5.73 Å². The minimum atomic E-state index is 0.00226. The van der Waals surface area contributed by atoms with E-state index in [0.29, 0.717) is 17.8 Å². The molecular weight excluding hydrogens is 200 g/mol. The van der Waals surface area contributed by atoms with Gasteiger partial charge in [0.15, 0.2) is 0 Å².